The maximum atomic E-state index is 11.4. The van der Waals surface area contributed by atoms with Crippen LogP contribution in [0.25, 0.3) is 0 Å². The van der Waals surface area contributed by atoms with Crippen LogP contribution in [0.2, 0.25) is 0 Å². The van der Waals surface area contributed by atoms with E-state index in [1.54, 1.807) is 0 Å². The predicted molar refractivity (Wildman–Crippen MR) is 69.0 cm³/mol. The van der Waals surface area contributed by atoms with Crippen molar-refractivity contribution in [1.29, 1.82) is 0 Å². The van der Waals surface area contributed by atoms with Crippen LogP contribution in [0.15, 0.2) is 0 Å². The Bertz CT molecular complexity index is 358. The fraction of sp³-hybridized carbons (Fsp3) is 0.909. The van der Waals surface area contributed by atoms with Crippen molar-refractivity contribution < 1.29 is 22.7 Å². The molecule has 0 heterocycles. The van der Waals surface area contributed by atoms with Crippen molar-refractivity contribution in [3.05, 3.63) is 0 Å². The summed E-state index contributed by atoms with van der Waals surface area (Å²) in [6.07, 6.45) is 1.17. The molecular weight excluding hydrogens is 258 g/mol. The van der Waals surface area contributed by atoms with E-state index in [-0.39, 0.29) is 31.0 Å². The van der Waals surface area contributed by atoms with E-state index in [1.807, 2.05) is 20.8 Å². The van der Waals surface area contributed by atoms with Gasteiger partial charge in [0.15, 0.2) is 0 Å². The van der Waals surface area contributed by atoms with Gasteiger partial charge in [0.05, 0.1) is 18.0 Å². The summed E-state index contributed by atoms with van der Waals surface area (Å²) in [5.74, 6) is -0.724. The summed E-state index contributed by atoms with van der Waals surface area (Å²) in [6, 6.07) is -0.908. The average Bonchev–Trinajstić information content (AvgIpc) is 2.18. The van der Waals surface area contributed by atoms with Crippen molar-refractivity contribution in [3.63, 3.8) is 0 Å². The van der Waals surface area contributed by atoms with Crippen LogP contribution in [-0.2, 0) is 24.1 Å². The van der Waals surface area contributed by atoms with Gasteiger partial charge >= 0.3 is 5.97 Å². The molecule has 1 atom stereocenters. The zero-order valence-corrected chi connectivity index (χ0v) is 12.2. The van der Waals surface area contributed by atoms with Gasteiger partial charge in [-0.25, -0.2) is 8.42 Å². The number of hydrogen-bond acceptors (Lipinski definition) is 6. The maximum Gasteiger partial charge on any atom is 0.323 e. The highest BCUT2D eigenvalue weighted by Gasteiger charge is 2.17. The van der Waals surface area contributed by atoms with E-state index in [2.05, 4.69) is 0 Å². The minimum atomic E-state index is -3.11. The maximum absolute atomic E-state index is 11.4. The molecule has 0 amide bonds. The van der Waals surface area contributed by atoms with Crippen molar-refractivity contribution in [2.45, 2.75) is 38.8 Å². The Morgan fingerprint density at radius 2 is 1.83 bits per heavy atom. The third-order valence-corrected chi connectivity index (χ3v) is 2.94. The molecule has 0 saturated heterocycles. The molecule has 0 bridgehead atoms. The molecule has 0 aliphatic heterocycles. The topological polar surface area (TPSA) is 95.7 Å². The number of carbonyl (C=O) groups excluding carboxylic acids is 1. The molecule has 0 fully saturated rings. The Morgan fingerprint density at radius 1 is 1.28 bits per heavy atom. The van der Waals surface area contributed by atoms with Gasteiger partial charge in [0, 0.05) is 6.26 Å². The second-order valence-corrected chi connectivity index (χ2v) is 7.41. The Balaban J connectivity index is 3.82. The van der Waals surface area contributed by atoms with E-state index in [4.69, 9.17) is 15.2 Å². The van der Waals surface area contributed by atoms with Crippen molar-refractivity contribution >= 4 is 15.8 Å². The molecule has 0 aliphatic rings. The smallest absolute Gasteiger partial charge is 0.323 e. The number of sulfone groups is 1. The molecule has 18 heavy (non-hydrogen) atoms. The minimum absolute atomic E-state index is 0.0673. The number of rotatable bonds is 7. The minimum Gasteiger partial charge on any atom is -0.462 e. The average molecular weight is 281 g/mol. The van der Waals surface area contributed by atoms with Crippen LogP contribution in [0.4, 0.5) is 0 Å². The number of esters is 1. The van der Waals surface area contributed by atoms with E-state index in [1.165, 1.54) is 0 Å². The second kappa shape index (κ2) is 7.06. The number of nitrogens with two attached hydrogens (primary N) is 1. The molecule has 0 radical (unpaired) electrons. The highest BCUT2D eigenvalue weighted by Crippen LogP contribution is 2.05. The first kappa shape index (κ1) is 17.3. The van der Waals surface area contributed by atoms with E-state index in [0.29, 0.717) is 0 Å². The largest absolute Gasteiger partial charge is 0.462 e. The molecule has 0 rings (SSSR count). The summed E-state index contributed by atoms with van der Waals surface area (Å²) in [6.45, 7) is 6.09. The third kappa shape index (κ3) is 10.5. The summed E-state index contributed by atoms with van der Waals surface area (Å²) >= 11 is 0. The fourth-order valence-electron chi connectivity index (χ4n) is 1.06. The lowest BCUT2D eigenvalue weighted by molar-refractivity contribution is -0.148. The summed E-state index contributed by atoms with van der Waals surface area (Å²) in [5.41, 5.74) is 5.23. The van der Waals surface area contributed by atoms with Crippen LogP contribution in [0, 0.1) is 0 Å². The van der Waals surface area contributed by atoms with Gasteiger partial charge in [0.1, 0.15) is 22.5 Å². The SMILES string of the molecule is CC(C)(C)OCCOC(=O)C(N)CCS(C)(=O)=O. The molecule has 6 nitrogen and oxygen atoms in total. The van der Waals surface area contributed by atoms with Gasteiger partial charge in [0.25, 0.3) is 0 Å². The van der Waals surface area contributed by atoms with Crippen LogP contribution in [0.1, 0.15) is 27.2 Å². The summed E-state index contributed by atoms with van der Waals surface area (Å²) in [4.78, 5) is 11.4. The Hall–Kier alpha value is -0.660. The lowest BCUT2D eigenvalue weighted by Crippen LogP contribution is -2.35. The lowest BCUT2D eigenvalue weighted by atomic mass is 10.2. The van der Waals surface area contributed by atoms with E-state index < -0.39 is 21.8 Å². The summed E-state index contributed by atoms with van der Waals surface area (Å²) in [7, 11) is -3.11. The zero-order valence-electron chi connectivity index (χ0n) is 11.4. The van der Waals surface area contributed by atoms with Crippen molar-refractivity contribution in [2.24, 2.45) is 5.73 Å². The fourth-order valence-corrected chi connectivity index (χ4v) is 1.74. The normalized spacial score (nSPS) is 14.3. The number of hydrogen-bond donors (Lipinski definition) is 1. The molecular formula is C11H23NO5S. The molecule has 1 unspecified atom stereocenters. The summed E-state index contributed by atoms with van der Waals surface area (Å²) in [5, 5.41) is 0. The van der Waals surface area contributed by atoms with Gasteiger partial charge in [-0.05, 0) is 27.2 Å². The van der Waals surface area contributed by atoms with Gasteiger partial charge in [-0.1, -0.05) is 0 Å². The third-order valence-electron chi connectivity index (χ3n) is 1.97. The monoisotopic (exact) mass is 281 g/mol. The standard InChI is InChI=1S/C11H23NO5S/c1-11(2,3)17-7-6-16-10(13)9(12)5-8-18(4,14)15/h9H,5-8,12H2,1-4H3. The predicted octanol–water partition coefficient (Wildman–Crippen LogP) is 0.107. The van der Waals surface area contributed by atoms with E-state index in [0.717, 1.165) is 6.26 Å². The molecule has 0 saturated carbocycles. The quantitative estimate of drug-likeness (QED) is 0.525. The second-order valence-electron chi connectivity index (χ2n) is 5.15. The molecule has 0 aliphatic carbocycles. The Labute approximate surface area is 109 Å². The molecule has 0 aromatic carbocycles. The first-order valence-corrected chi connectivity index (χ1v) is 7.81. The van der Waals surface area contributed by atoms with E-state index >= 15 is 0 Å². The van der Waals surface area contributed by atoms with Gasteiger partial charge in [-0.15, -0.1) is 0 Å². The van der Waals surface area contributed by atoms with Crippen LogP contribution >= 0.6 is 0 Å². The lowest BCUT2D eigenvalue weighted by Gasteiger charge is -2.19. The van der Waals surface area contributed by atoms with Crippen LogP contribution < -0.4 is 5.73 Å². The van der Waals surface area contributed by atoms with Crippen molar-refractivity contribution in [1.82, 2.24) is 0 Å². The molecule has 0 spiro atoms. The van der Waals surface area contributed by atoms with Gasteiger partial charge in [0.2, 0.25) is 0 Å². The van der Waals surface area contributed by atoms with Crippen molar-refractivity contribution in [3.8, 4) is 0 Å². The highest BCUT2D eigenvalue weighted by atomic mass is 32.2. The molecule has 7 heteroatoms. The molecule has 0 aromatic heterocycles. The highest BCUT2D eigenvalue weighted by molar-refractivity contribution is 7.90. The Morgan fingerprint density at radius 3 is 2.28 bits per heavy atom. The van der Waals surface area contributed by atoms with Crippen LogP contribution in [0.5, 0.6) is 0 Å². The number of ether oxygens (including phenoxy) is 2. The van der Waals surface area contributed by atoms with E-state index in [9.17, 15) is 13.2 Å². The molecule has 0 aromatic rings. The van der Waals surface area contributed by atoms with Crippen LogP contribution in [-0.4, -0.2) is 51.3 Å². The van der Waals surface area contributed by atoms with Crippen molar-refractivity contribution in [2.75, 3.05) is 25.2 Å². The van der Waals surface area contributed by atoms with Gasteiger partial charge < -0.3 is 15.2 Å². The Kier molecular flexibility index (Phi) is 6.80. The van der Waals surface area contributed by atoms with Gasteiger partial charge in [-0.3, -0.25) is 4.79 Å². The number of carbonyl (C=O) groups is 1. The first-order valence-electron chi connectivity index (χ1n) is 5.75. The molecule has 108 valence electrons. The molecule has 2 N–H and O–H groups in total. The first-order chi connectivity index (χ1) is 8.01. The zero-order chi connectivity index (χ0) is 14.4. The summed E-state index contributed by atoms with van der Waals surface area (Å²) < 4.78 is 32.0. The van der Waals surface area contributed by atoms with Crippen LogP contribution in [0.3, 0.4) is 0 Å². The van der Waals surface area contributed by atoms with Gasteiger partial charge in [-0.2, -0.15) is 0 Å².